The first-order valence-corrected chi connectivity index (χ1v) is 9.51. The van der Waals surface area contributed by atoms with E-state index in [9.17, 15) is 4.79 Å². The quantitative estimate of drug-likeness (QED) is 0.382. The Balaban J connectivity index is 1.41. The summed E-state index contributed by atoms with van der Waals surface area (Å²) in [7, 11) is 1.59. The maximum absolute atomic E-state index is 12.5. The molecule has 1 aromatic heterocycles. The maximum Gasteiger partial charge on any atom is 0.264 e. The Morgan fingerprint density at radius 1 is 0.967 bits per heavy atom. The molecule has 150 valence electrons. The maximum atomic E-state index is 12.5. The lowest BCUT2D eigenvalue weighted by Crippen LogP contribution is -2.01. The van der Waals surface area contributed by atoms with Crippen molar-refractivity contribution in [3.05, 3.63) is 94.8 Å². The van der Waals surface area contributed by atoms with Gasteiger partial charge in [-0.15, -0.1) is 0 Å². The highest BCUT2D eigenvalue weighted by atomic mass is 35.5. The standard InChI is InChI=1S/C23H17ClN2O4/c1-28-20-5-3-2-4-19(20)23-25-21(30-26-23)14-29-18-12-8-16(9-13-18)22(27)15-6-10-17(24)11-7-15/h2-13H,14H2,1H3. The van der Waals surface area contributed by atoms with Gasteiger partial charge in [-0.05, 0) is 60.7 Å². The smallest absolute Gasteiger partial charge is 0.264 e. The van der Waals surface area contributed by atoms with Crippen LogP contribution in [0.15, 0.2) is 77.3 Å². The lowest BCUT2D eigenvalue weighted by Gasteiger charge is -2.05. The number of methoxy groups -OCH3 is 1. The lowest BCUT2D eigenvalue weighted by molar-refractivity contribution is 0.103. The number of para-hydroxylation sites is 1. The molecule has 1 heterocycles. The van der Waals surface area contributed by atoms with Crippen LogP contribution in [0, 0.1) is 0 Å². The summed E-state index contributed by atoms with van der Waals surface area (Å²) < 4.78 is 16.3. The third kappa shape index (κ3) is 4.34. The molecular weight excluding hydrogens is 404 g/mol. The fourth-order valence-electron chi connectivity index (χ4n) is 2.87. The number of hydrogen-bond acceptors (Lipinski definition) is 6. The Morgan fingerprint density at radius 3 is 2.33 bits per heavy atom. The normalized spacial score (nSPS) is 10.6. The number of carbonyl (C=O) groups is 1. The largest absolute Gasteiger partial charge is 0.496 e. The van der Waals surface area contributed by atoms with E-state index in [1.54, 1.807) is 55.6 Å². The van der Waals surface area contributed by atoms with Crippen LogP contribution in [-0.4, -0.2) is 23.0 Å². The average Bonchev–Trinajstić information content (AvgIpc) is 3.27. The lowest BCUT2D eigenvalue weighted by atomic mass is 10.0. The van der Waals surface area contributed by atoms with E-state index >= 15 is 0 Å². The Bertz CT molecular complexity index is 1150. The molecule has 4 rings (SSSR count). The molecule has 3 aromatic carbocycles. The third-order valence-electron chi connectivity index (χ3n) is 4.40. The van der Waals surface area contributed by atoms with Crippen molar-refractivity contribution < 1.29 is 18.8 Å². The van der Waals surface area contributed by atoms with Gasteiger partial charge in [0.1, 0.15) is 11.5 Å². The van der Waals surface area contributed by atoms with E-state index in [1.165, 1.54) is 0 Å². The average molecular weight is 421 g/mol. The fraction of sp³-hybridized carbons (Fsp3) is 0.0870. The van der Waals surface area contributed by atoms with Crippen LogP contribution in [0.5, 0.6) is 11.5 Å². The highest BCUT2D eigenvalue weighted by molar-refractivity contribution is 6.30. The number of nitrogens with zero attached hydrogens (tertiary/aromatic N) is 2. The van der Waals surface area contributed by atoms with Gasteiger partial charge in [0.15, 0.2) is 12.4 Å². The van der Waals surface area contributed by atoms with Crippen molar-refractivity contribution in [2.75, 3.05) is 7.11 Å². The van der Waals surface area contributed by atoms with Crippen molar-refractivity contribution in [1.29, 1.82) is 0 Å². The van der Waals surface area contributed by atoms with E-state index in [2.05, 4.69) is 10.1 Å². The predicted molar refractivity (Wildman–Crippen MR) is 112 cm³/mol. The molecule has 0 aliphatic heterocycles. The van der Waals surface area contributed by atoms with Crippen LogP contribution in [0.2, 0.25) is 5.02 Å². The molecule has 7 heteroatoms. The molecule has 0 unspecified atom stereocenters. The molecule has 0 atom stereocenters. The number of benzene rings is 3. The molecule has 0 aliphatic carbocycles. The van der Waals surface area contributed by atoms with E-state index in [4.69, 9.17) is 25.6 Å². The van der Waals surface area contributed by atoms with Gasteiger partial charge in [-0.1, -0.05) is 28.9 Å². The summed E-state index contributed by atoms with van der Waals surface area (Å²) >= 11 is 5.87. The third-order valence-corrected chi connectivity index (χ3v) is 4.65. The van der Waals surface area contributed by atoms with Gasteiger partial charge in [0.25, 0.3) is 5.89 Å². The molecule has 0 spiro atoms. The summed E-state index contributed by atoms with van der Waals surface area (Å²) in [6, 6.07) is 21.1. The Kier molecular flexibility index (Phi) is 5.77. The number of rotatable bonds is 7. The Labute approximate surface area is 178 Å². The molecule has 4 aromatic rings. The molecule has 0 saturated carbocycles. The molecule has 0 bridgehead atoms. The Morgan fingerprint density at radius 2 is 1.63 bits per heavy atom. The van der Waals surface area contributed by atoms with Crippen LogP contribution in [-0.2, 0) is 6.61 Å². The Hall–Kier alpha value is -3.64. The van der Waals surface area contributed by atoms with E-state index in [-0.39, 0.29) is 12.4 Å². The van der Waals surface area contributed by atoms with Crippen LogP contribution in [0.1, 0.15) is 21.8 Å². The van der Waals surface area contributed by atoms with Crippen LogP contribution in [0.25, 0.3) is 11.4 Å². The highest BCUT2D eigenvalue weighted by Crippen LogP contribution is 2.27. The molecule has 6 nitrogen and oxygen atoms in total. The van der Waals surface area contributed by atoms with E-state index in [0.717, 1.165) is 5.56 Å². The van der Waals surface area contributed by atoms with Gasteiger partial charge in [-0.3, -0.25) is 4.79 Å². The van der Waals surface area contributed by atoms with Crippen LogP contribution >= 0.6 is 11.6 Å². The van der Waals surface area contributed by atoms with Gasteiger partial charge < -0.3 is 14.0 Å². The highest BCUT2D eigenvalue weighted by Gasteiger charge is 2.14. The van der Waals surface area contributed by atoms with Crippen molar-refractivity contribution in [2.24, 2.45) is 0 Å². The molecule has 0 saturated heterocycles. The first-order valence-electron chi connectivity index (χ1n) is 9.13. The monoisotopic (exact) mass is 420 g/mol. The van der Waals surface area contributed by atoms with Gasteiger partial charge in [-0.25, -0.2) is 0 Å². The van der Waals surface area contributed by atoms with E-state index in [1.807, 2.05) is 24.3 Å². The molecule has 0 fully saturated rings. The summed E-state index contributed by atoms with van der Waals surface area (Å²) in [5, 5.41) is 4.57. The number of carbonyl (C=O) groups excluding carboxylic acids is 1. The van der Waals surface area contributed by atoms with Gasteiger partial charge >= 0.3 is 0 Å². The van der Waals surface area contributed by atoms with E-state index < -0.39 is 0 Å². The number of halogens is 1. The summed E-state index contributed by atoms with van der Waals surface area (Å²) in [5.74, 6) is 1.91. The second kappa shape index (κ2) is 8.80. The summed E-state index contributed by atoms with van der Waals surface area (Å²) in [6.07, 6.45) is 0. The topological polar surface area (TPSA) is 74.5 Å². The first-order chi connectivity index (χ1) is 14.6. The molecule has 0 radical (unpaired) electrons. The van der Waals surface area contributed by atoms with Crippen molar-refractivity contribution in [3.8, 4) is 22.9 Å². The summed E-state index contributed by atoms with van der Waals surface area (Å²) in [6.45, 7) is 0.104. The zero-order chi connectivity index (χ0) is 20.9. The van der Waals surface area contributed by atoms with Crippen molar-refractivity contribution in [1.82, 2.24) is 10.1 Å². The van der Waals surface area contributed by atoms with Gasteiger partial charge in [-0.2, -0.15) is 4.98 Å². The number of ether oxygens (including phenoxy) is 2. The molecule has 0 N–H and O–H groups in total. The molecule has 0 amide bonds. The predicted octanol–water partition coefficient (Wildman–Crippen LogP) is 5.21. The summed E-state index contributed by atoms with van der Waals surface area (Å²) in [5.41, 5.74) is 1.86. The fourth-order valence-corrected chi connectivity index (χ4v) is 2.99. The summed E-state index contributed by atoms with van der Waals surface area (Å²) in [4.78, 5) is 16.9. The number of aromatic nitrogens is 2. The van der Waals surface area contributed by atoms with Crippen LogP contribution < -0.4 is 9.47 Å². The SMILES string of the molecule is COc1ccccc1-c1noc(COc2ccc(C(=O)c3ccc(Cl)cc3)cc2)n1. The van der Waals surface area contributed by atoms with Gasteiger partial charge in [0.2, 0.25) is 5.82 Å². The molecule has 0 aliphatic rings. The van der Waals surface area contributed by atoms with Crippen molar-refractivity contribution >= 4 is 17.4 Å². The van der Waals surface area contributed by atoms with Crippen LogP contribution in [0.3, 0.4) is 0 Å². The van der Waals surface area contributed by atoms with E-state index in [0.29, 0.717) is 39.4 Å². The number of ketones is 1. The zero-order valence-electron chi connectivity index (χ0n) is 16.0. The minimum Gasteiger partial charge on any atom is -0.496 e. The van der Waals surface area contributed by atoms with Crippen molar-refractivity contribution in [3.63, 3.8) is 0 Å². The molecule has 30 heavy (non-hydrogen) atoms. The zero-order valence-corrected chi connectivity index (χ0v) is 16.8. The first kappa shape index (κ1) is 19.7. The minimum atomic E-state index is -0.0865. The number of hydrogen-bond donors (Lipinski definition) is 0. The van der Waals surface area contributed by atoms with Gasteiger partial charge in [0, 0.05) is 16.1 Å². The molecular formula is C23H17ClN2O4. The minimum absolute atomic E-state index is 0.0865. The van der Waals surface area contributed by atoms with Crippen molar-refractivity contribution in [2.45, 2.75) is 6.61 Å². The van der Waals surface area contributed by atoms with Crippen LogP contribution in [0.4, 0.5) is 0 Å². The van der Waals surface area contributed by atoms with Gasteiger partial charge in [0.05, 0.1) is 12.7 Å². The second-order valence-corrected chi connectivity index (χ2v) is 6.80. The second-order valence-electron chi connectivity index (χ2n) is 6.36.